The Balaban J connectivity index is 1.74. The molecule has 1 aliphatic rings. The third-order valence-corrected chi connectivity index (χ3v) is 5.35. The molecule has 3 aromatic rings. The van der Waals surface area contributed by atoms with Crippen LogP contribution in [-0.4, -0.2) is 33.5 Å². The fourth-order valence-electron chi connectivity index (χ4n) is 3.46. The molecule has 1 atom stereocenters. The second kappa shape index (κ2) is 7.97. The molecule has 0 saturated carbocycles. The summed E-state index contributed by atoms with van der Waals surface area (Å²) in [5.74, 6) is -3.87. The van der Waals surface area contributed by atoms with E-state index in [0.717, 1.165) is 17.0 Å². The van der Waals surface area contributed by atoms with Gasteiger partial charge in [-0.2, -0.15) is 5.06 Å². The molecule has 152 valence electrons. The van der Waals surface area contributed by atoms with Crippen molar-refractivity contribution in [3.8, 4) is 11.1 Å². The fraction of sp³-hybridized carbons (Fsp3) is 0.0909. The molecule has 0 bridgehead atoms. The van der Waals surface area contributed by atoms with Crippen LogP contribution in [0.15, 0.2) is 71.2 Å². The molecule has 2 amide bonds. The van der Waals surface area contributed by atoms with Crippen molar-refractivity contribution in [1.29, 1.82) is 0 Å². The van der Waals surface area contributed by atoms with Gasteiger partial charge in [0.25, 0.3) is 11.8 Å². The first-order chi connectivity index (χ1) is 14.4. The zero-order valence-corrected chi connectivity index (χ0v) is 17.0. The molecule has 0 spiro atoms. The van der Waals surface area contributed by atoms with Gasteiger partial charge in [-0.25, -0.2) is 8.78 Å². The van der Waals surface area contributed by atoms with E-state index in [1.165, 1.54) is 0 Å². The summed E-state index contributed by atoms with van der Waals surface area (Å²) in [5, 5.41) is 10.6. The van der Waals surface area contributed by atoms with Crippen molar-refractivity contribution in [2.45, 2.75) is 6.17 Å². The summed E-state index contributed by atoms with van der Waals surface area (Å²) in [5.41, 5.74) is 0.511. The van der Waals surface area contributed by atoms with Gasteiger partial charge in [0.2, 0.25) is 0 Å². The molecule has 0 radical (unpaired) electrons. The summed E-state index contributed by atoms with van der Waals surface area (Å²) in [4.78, 5) is 26.1. The lowest BCUT2D eigenvalue weighted by molar-refractivity contribution is -0.168. The van der Waals surface area contributed by atoms with Crippen molar-refractivity contribution < 1.29 is 23.6 Å². The second-order valence-corrected chi connectivity index (χ2v) is 7.70. The van der Waals surface area contributed by atoms with Crippen LogP contribution in [0.25, 0.3) is 11.1 Å². The number of nitrogens with zero attached hydrogens (tertiary/aromatic N) is 2. The molecule has 1 unspecified atom stereocenters. The molecule has 3 aromatic carbocycles. The maximum atomic E-state index is 14.8. The Kier molecular flexibility index (Phi) is 5.36. The number of halogens is 3. The van der Waals surface area contributed by atoms with Gasteiger partial charge in [-0.3, -0.25) is 14.8 Å². The highest BCUT2D eigenvalue weighted by Gasteiger charge is 2.43. The quantitative estimate of drug-likeness (QED) is 0.558. The lowest BCUT2D eigenvalue weighted by Crippen LogP contribution is -2.35. The van der Waals surface area contributed by atoms with E-state index in [-0.39, 0.29) is 5.56 Å². The minimum Gasteiger partial charge on any atom is -0.302 e. The number of hydrogen-bond acceptors (Lipinski definition) is 3. The topological polar surface area (TPSA) is 60.9 Å². The van der Waals surface area contributed by atoms with Crippen LogP contribution in [0.1, 0.15) is 22.1 Å². The molecule has 8 heteroatoms. The first kappa shape index (κ1) is 20.2. The number of carbonyl (C=O) groups is 2. The van der Waals surface area contributed by atoms with Crippen LogP contribution in [0.5, 0.6) is 0 Å². The van der Waals surface area contributed by atoms with Crippen molar-refractivity contribution in [2.75, 3.05) is 6.54 Å². The molecule has 1 saturated heterocycles. The second-order valence-electron chi connectivity index (χ2n) is 6.78. The summed E-state index contributed by atoms with van der Waals surface area (Å²) in [6, 6.07) is 17.4. The number of hydrogen-bond donors (Lipinski definition) is 1. The average Bonchev–Trinajstić information content (AvgIpc) is 3.02. The first-order valence-corrected chi connectivity index (χ1v) is 9.78. The summed E-state index contributed by atoms with van der Waals surface area (Å²) < 4.78 is 30.3. The Hall–Kier alpha value is -3.10. The van der Waals surface area contributed by atoms with Gasteiger partial charge in [0.15, 0.2) is 6.17 Å². The van der Waals surface area contributed by atoms with Crippen molar-refractivity contribution >= 4 is 27.7 Å². The predicted octanol–water partition coefficient (Wildman–Crippen LogP) is 4.77. The lowest BCUT2D eigenvalue weighted by atomic mass is 10.0. The number of hydroxylamine groups is 2. The van der Waals surface area contributed by atoms with Crippen LogP contribution in [0.3, 0.4) is 0 Å². The van der Waals surface area contributed by atoms with E-state index in [9.17, 15) is 23.6 Å². The third-order valence-electron chi connectivity index (χ3n) is 4.86. The number of carbonyl (C=O) groups excluding carboxylic acids is 2. The van der Waals surface area contributed by atoms with Crippen LogP contribution >= 0.6 is 15.9 Å². The molecule has 5 nitrogen and oxygen atoms in total. The van der Waals surface area contributed by atoms with E-state index in [1.807, 2.05) is 0 Å². The monoisotopic (exact) mass is 472 g/mol. The first-order valence-electron chi connectivity index (χ1n) is 8.98. The van der Waals surface area contributed by atoms with Gasteiger partial charge in [-0.1, -0.05) is 58.4 Å². The van der Waals surface area contributed by atoms with Gasteiger partial charge in [-0.05, 0) is 41.0 Å². The molecule has 1 heterocycles. The van der Waals surface area contributed by atoms with E-state index in [1.54, 1.807) is 54.6 Å². The standard InChI is InChI=1S/C22H15BrF2N2O3/c23-16-8-4-7-14(9-16)21-26(12-19(28)27(21)30)22(29)20-17(24)10-15(11-18(20)25)13-5-2-1-3-6-13/h1-11,21,30H,12H2. The molecule has 1 N–H and O–H groups in total. The largest absolute Gasteiger partial charge is 0.302 e. The summed E-state index contributed by atoms with van der Waals surface area (Å²) in [7, 11) is 0. The average molecular weight is 473 g/mol. The number of benzene rings is 3. The van der Waals surface area contributed by atoms with E-state index in [0.29, 0.717) is 20.7 Å². The van der Waals surface area contributed by atoms with Gasteiger partial charge in [0.05, 0.1) is 0 Å². The van der Waals surface area contributed by atoms with E-state index in [2.05, 4.69) is 15.9 Å². The highest BCUT2D eigenvalue weighted by Crippen LogP contribution is 2.33. The normalized spacial score (nSPS) is 16.3. The molecule has 0 aromatic heterocycles. The third kappa shape index (κ3) is 3.59. The van der Waals surface area contributed by atoms with Gasteiger partial charge < -0.3 is 4.90 Å². The van der Waals surface area contributed by atoms with Crippen molar-refractivity contribution in [3.05, 3.63) is 94.0 Å². The van der Waals surface area contributed by atoms with Gasteiger partial charge in [-0.15, -0.1) is 0 Å². The van der Waals surface area contributed by atoms with Crippen molar-refractivity contribution in [1.82, 2.24) is 9.96 Å². The highest BCUT2D eigenvalue weighted by atomic mass is 79.9. The Morgan fingerprint density at radius 3 is 2.27 bits per heavy atom. The van der Waals surface area contributed by atoms with Crippen LogP contribution < -0.4 is 0 Å². The van der Waals surface area contributed by atoms with Gasteiger partial charge >= 0.3 is 0 Å². The Morgan fingerprint density at radius 2 is 1.63 bits per heavy atom. The summed E-state index contributed by atoms with van der Waals surface area (Å²) in [6.07, 6.45) is -1.20. The maximum Gasteiger partial charge on any atom is 0.267 e. The minimum atomic E-state index is -1.20. The predicted molar refractivity (Wildman–Crippen MR) is 108 cm³/mol. The van der Waals surface area contributed by atoms with Crippen LogP contribution in [0.4, 0.5) is 8.78 Å². The van der Waals surface area contributed by atoms with Crippen molar-refractivity contribution in [2.24, 2.45) is 0 Å². The molecule has 30 heavy (non-hydrogen) atoms. The molecular formula is C22H15BrF2N2O3. The molecule has 1 fully saturated rings. The Labute approximate surface area is 179 Å². The zero-order valence-electron chi connectivity index (χ0n) is 15.4. The van der Waals surface area contributed by atoms with Crippen molar-refractivity contribution in [3.63, 3.8) is 0 Å². The Bertz CT molecular complexity index is 1120. The van der Waals surface area contributed by atoms with Crippen LogP contribution in [0, 0.1) is 11.6 Å². The number of rotatable bonds is 3. The van der Waals surface area contributed by atoms with Crippen LogP contribution in [-0.2, 0) is 4.79 Å². The zero-order chi connectivity index (χ0) is 21.4. The molecular weight excluding hydrogens is 458 g/mol. The molecule has 1 aliphatic heterocycles. The van der Waals surface area contributed by atoms with Gasteiger partial charge in [0, 0.05) is 4.47 Å². The molecule has 4 rings (SSSR count). The summed E-state index contributed by atoms with van der Waals surface area (Å²) >= 11 is 3.29. The van der Waals surface area contributed by atoms with E-state index in [4.69, 9.17) is 0 Å². The maximum absolute atomic E-state index is 14.8. The molecule has 0 aliphatic carbocycles. The fourth-order valence-corrected chi connectivity index (χ4v) is 3.88. The smallest absolute Gasteiger partial charge is 0.267 e. The van der Waals surface area contributed by atoms with Crippen LogP contribution in [0.2, 0.25) is 0 Å². The lowest BCUT2D eigenvalue weighted by Gasteiger charge is -2.27. The minimum absolute atomic E-state index is 0.284. The van der Waals surface area contributed by atoms with E-state index < -0.39 is 41.7 Å². The van der Waals surface area contributed by atoms with Gasteiger partial charge in [0.1, 0.15) is 23.7 Å². The summed E-state index contributed by atoms with van der Waals surface area (Å²) in [6.45, 7) is -0.508. The van der Waals surface area contributed by atoms with E-state index >= 15 is 0 Å². The Morgan fingerprint density at radius 1 is 0.967 bits per heavy atom. The number of amides is 2. The highest BCUT2D eigenvalue weighted by molar-refractivity contribution is 9.10. The SMILES string of the molecule is O=C1CN(C(=O)c2c(F)cc(-c3ccccc3)cc2F)C(c2cccc(Br)c2)N1O.